The van der Waals surface area contributed by atoms with E-state index in [1.165, 1.54) is 6.07 Å². The maximum absolute atomic E-state index is 12.5. The van der Waals surface area contributed by atoms with Crippen molar-refractivity contribution in [3.05, 3.63) is 29.3 Å². The van der Waals surface area contributed by atoms with Crippen molar-refractivity contribution in [3.8, 4) is 34.2 Å². The number of carbonyl (C=O) groups excluding carboxylic acids is 1. The molecule has 0 aliphatic carbocycles. The first kappa shape index (κ1) is 25.8. The molecular formula is C18H19MgN4O8P. The average Bonchev–Trinajstić information content (AvgIpc) is 3.26. The molecule has 1 aromatic carbocycles. The number of nitrogens with one attached hydrogen (secondary N) is 1. The molecule has 14 heteroatoms. The number of aromatic hydroxyl groups is 1. The van der Waals surface area contributed by atoms with E-state index in [2.05, 4.69) is 25.1 Å². The van der Waals surface area contributed by atoms with Gasteiger partial charge in [0.15, 0.2) is 11.5 Å². The number of nitrogens with zero attached hydrogens (tertiary/aromatic N) is 3. The Hall–Kier alpha value is -2.44. The van der Waals surface area contributed by atoms with Crippen LogP contribution in [0, 0.1) is 6.92 Å². The number of phosphoric ester groups is 1. The van der Waals surface area contributed by atoms with Crippen LogP contribution in [0.2, 0.25) is 0 Å². The largest absolute Gasteiger partial charge is 2.00 e. The predicted octanol–water partition coefficient (Wildman–Crippen LogP) is 1.11. The molecule has 2 aromatic heterocycles. The van der Waals surface area contributed by atoms with Crippen molar-refractivity contribution in [2.24, 2.45) is 0 Å². The molecule has 32 heavy (non-hydrogen) atoms. The smallest absolute Gasteiger partial charge is 0.780 e. The Morgan fingerprint density at radius 1 is 1.28 bits per heavy atom. The van der Waals surface area contributed by atoms with Crippen LogP contribution in [-0.2, 0) is 4.57 Å². The quantitative estimate of drug-likeness (QED) is 0.368. The van der Waals surface area contributed by atoms with Crippen LogP contribution in [0.5, 0.6) is 11.5 Å². The van der Waals surface area contributed by atoms with Gasteiger partial charge >= 0.3 is 23.1 Å². The molecule has 0 atom stereocenters. The number of rotatable bonds is 7. The molecule has 0 bridgehead atoms. The number of amides is 1. The fourth-order valence-corrected chi connectivity index (χ4v) is 3.30. The van der Waals surface area contributed by atoms with E-state index in [9.17, 15) is 24.3 Å². The van der Waals surface area contributed by atoms with Gasteiger partial charge in [0, 0.05) is 19.5 Å². The molecule has 2 N–H and O–H groups in total. The van der Waals surface area contributed by atoms with E-state index in [1.54, 1.807) is 27.7 Å². The molecule has 12 nitrogen and oxygen atoms in total. The van der Waals surface area contributed by atoms with Crippen molar-refractivity contribution in [2.45, 2.75) is 33.6 Å². The second-order valence-corrected chi connectivity index (χ2v) is 7.91. The summed E-state index contributed by atoms with van der Waals surface area (Å²) in [5, 5.41) is 20.7. The summed E-state index contributed by atoms with van der Waals surface area (Å²) in [6.07, 6.45) is 0. The normalized spacial score (nSPS) is 11.3. The molecule has 0 unspecified atom stereocenters. The van der Waals surface area contributed by atoms with Crippen molar-refractivity contribution >= 4 is 36.8 Å². The predicted molar refractivity (Wildman–Crippen MR) is 108 cm³/mol. The standard InChI is InChI=1S/C18H21N4O8P.Mg/c1-5-19-18(24)15-14(17-20-9(4)28-22-17)16(29-21-15)11-6-10(8(2)3)13(7-12(11)23)30-31(25,26)27;/h6-8,23H,5H2,1-4H3,(H,19,24)(H2,25,26,27);/q;+2/p-2. The van der Waals surface area contributed by atoms with Crippen LogP contribution in [0.1, 0.15) is 48.6 Å². The summed E-state index contributed by atoms with van der Waals surface area (Å²) in [5.74, 6) is -1.48. The number of phenols is 1. The van der Waals surface area contributed by atoms with Gasteiger partial charge in [-0.25, -0.2) is 0 Å². The second-order valence-electron chi connectivity index (χ2n) is 6.83. The van der Waals surface area contributed by atoms with Crippen molar-refractivity contribution in [2.75, 3.05) is 6.54 Å². The molecule has 0 radical (unpaired) electrons. The minimum atomic E-state index is -5.36. The van der Waals surface area contributed by atoms with Gasteiger partial charge in [0.25, 0.3) is 5.91 Å². The van der Waals surface area contributed by atoms with Crippen LogP contribution in [0.15, 0.2) is 21.2 Å². The fraction of sp³-hybridized carbons (Fsp3) is 0.333. The van der Waals surface area contributed by atoms with Crippen LogP contribution >= 0.6 is 7.82 Å². The number of hydrogen-bond donors (Lipinski definition) is 2. The first-order chi connectivity index (χ1) is 14.5. The Bertz CT molecular complexity index is 1170. The summed E-state index contributed by atoms with van der Waals surface area (Å²) in [6.45, 7) is 7.06. The Kier molecular flexibility index (Phi) is 8.07. The third-order valence-corrected chi connectivity index (χ3v) is 4.62. The summed E-state index contributed by atoms with van der Waals surface area (Å²) < 4.78 is 25.9. The zero-order valence-electron chi connectivity index (χ0n) is 17.7. The first-order valence-electron chi connectivity index (χ1n) is 9.19. The summed E-state index contributed by atoms with van der Waals surface area (Å²) >= 11 is 0. The zero-order valence-corrected chi connectivity index (χ0v) is 20.0. The van der Waals surface area contributed by atoms with Gasteiger partial charge in [0.05, 0.1) is 5.56 Å². The van der Waals surface area contributed by atoms with Crippen molar-refractivity contribution in [1.29, 1.82) is 0 Å². The topological polar surface area (TPSA) is 187 Å². The van der Waals surface area contributed by atoms with Gasteiger partial charge in [0.1, 0.15) is 24.9 Å². The molecule has 0 saturated carbocycles. The first-order valence-corrected chi connectivity index (χ1v) is 10.6. The third-order valence-electron chi connectivity index (χ3n) is 4.20. The molecular weight excluding hydrogens is 455 g/mol. The van der Waals surface area contributed by atoms with E-state index in [0.717, 1.165) is 6.07 Å². The molecule has 2 heterocycles. The number of carbonyl (C=O) groups is 1. The SMILES string of the molecule is CCNC(=O)c1noc(-c2cc(C(C)C)c(OP(=O)([O-])[O-])cc2O)c1-c1noc(C)n1.[Mg+2]. The zero-order chi connectivity index (χ0) is 22.9. The minimum absolute atomic E-state index is 0. The van der Waals surface area contributed by atoms with Crippen LogP contribution in [0.3, 0.4) is 0 Å². The van der Waals surface area contributed by atoms with E-state index < -0.39 is 19.5 Å². The number of hydrogen-bond acceptors (Lipinski definition) is 11. The molecule has 0 fully saturated rings. The number of benzene rings is 1. The van der Waals surface area contributed by atoms with Gasteiger partial charge in [-0.15, -0.1) is 0 Å². The van der Waals surface area contributed by atoms with Crippen LogP contribution < -0.4 is 19.6 Å². The summed E-state index contributed by atoms with van der Waals surface area (Å²) in [6, 6.07) is 2.36. The van der Waals surface area contributed by atoms with E-state index >= 15 is 0 Å². The Morgan fingerprint density at radius 3 is 2.50 bits per heavy atom. The fourth-order valence-electron chi connectivity index (χ4n) is 2.90. The molecule has 0 aliphatic rings. The van der Waals surface area contributed by atoms with Gasteiger partial charge in [0.2, 0.25) is 11.7 Å². The van der Waals surface area contributed by atoms with E-state index in [1.807, 2.05) is 0 Å². The van der Waals surface area contributed by atoms with Crippen LogP contribution in [-0.4, -0.2) is 55.9 Å². The maximum atomic E-state index is 12.5. The molecule has 3 rings (SSSR count). The third kappa shape index (κ3) is 5.48. The Balaban J connectivity index is 0.00000363. The maximum Gasteiger partial charge on any atom is 2.00 e. The molecule has 3 aromatic rings. The van der Waals surface area contributed by atoms with Crippen molar-refractivity contribution in [1.82, 2.24) is 20.6 Å². The molecule has 166 valence electrons. The number of phosphoric acid groups is 1. The summed E-state index contributed by atoms with van der Waals surface area (Å²) in [7, 11) is -5.36. The van der Waals surface area contributed by atoms with Crippen molar-refractivity contribution in [3.63, 3.8) is 0 Å². The van der Waals surface area contributed by atoms with Gasteiger partial charge in [-0.05, 0) is 24.5 Å². The molecule has 0 saturated heterocycles. The van der Waals surface area contributed by atoms with E-state index in [-0.39, 0.29) is 69.0 Å². The molecule has 1 amide bonds. The Labute approximate surface area is 198 Å². The van der Waals surface area contributed by atoms with Gasteiger partial charge in [-0.3, -0.25) is 4.79 Å². The van der Waals surface area contributed by atoms with E-state index in [0.29, 0.717) is 12.1 Å². The minimum Gasteiger partial charge on any atom is -0.780 e. The average molecular weight is 475 g/mol. The molecule has 0 aliphatic heterocycles. The monoisotopic (exact) mass is 474 g/mol. The number of aromatic nitrogens is 3. The van der Waals surface area contributed by atoms with Crippen LogP contribution in [0.4, 0.5) is 0 Å². The van der Waals surface area contributed by atoms with Gasteiger partial charge in [-0.1, -0.05) is 24.2 Å². The molecule has 0 spiro atoms. The summed E-state index contributed by atoms with van der Waals surface area (Å²) in [5.41, 5.74) is 0.293. The van der Waals surface area contributed by atoms with Crippen LogP contribution in [0.25, 0.3) is 22.7 Å². The van der Waals surface area contributed by atoms with Gasteiger partial charge in [-0.2, -0.15) is 4.98 Å². The second kappa shape index (κ2) is 10.0. The number of phenolic OH excluding ortho intramolecular Hbond substituents is 1. The van der Waals surface area contributed by atoms with Crippen molar-refractivity contribution < 1.29 is 37.8 Å². The van der Waals surface area contributed by atoms with Gasteiger partial charge < -0.3 is 38.3 Å². The number of aryl methyl sites for hydroxylation is 1. The summed E-state index contributed by atoms with van der Waals surface area (Å²) in [4.78, 5) is 38.8. The Morgan fingerprint density at radius 2 is 1.97 bits per heavy atom. The van der Waals surface area contributed by atoms with E-state index in [4.69, 9.17) is 9.05 Å².